The number of ether oxygens (including phenoxy) is 1. The molecular formula is C18H26N2O. The van der Waals surface area contributed by atoms with E-state index >= 15 is 0 Å². The summed E-state index contributed by atoms with van der Waals surface area (Å²) in [5.74, 6) is 1.31. The van der Waals surface area contributed by atoms with E-state index in [9.17, 15) is 0 Å². The zero-order valence-electron chi connectivity index (χ0n) is 13.7. The third-order valence-corrected chi connectivity index (χ3v) is 3.27. The van der Waals surface area contributed by atoms with Gasteiger partial charge in [0.1, 0.15) is 6.61 Å². The van der Waals surface area contributed by atoms with E-state index in [1.165, 1.54) is 5.56 Å². The SMILES string of the molecule is Cc1ccc(N/C(=C\C2=NC(C)(C)CO2)CC(C)C)cc1. The van der Waals surface area contributed by atoms with Crippen LogP contribution in [0.4, 0.5) is 5.69 Å². The molecule has 1 heterocycles. The van der Waals surface area contributed by atoms with E-state index in [0.717, 1.165) is 23.7 Å². The summed E-state index contributed by atoms with van der Waals surface area (Å²) < 4.78 is 5.67. The van der Waals surface area contributed by atoms with Gasteiger partial charge in [-0.1, -0.05) is 31.5 Å². The van der Waals surface area contributed by atoms with Gasteiger partial charge in [-0.2, -0.15) is 0 Å². The van der Waals surface area contributed by atoms with Crippen LogP contribution in [0.1, 0.15) is 39.7 Å². The first-order chi connectivity index (χ1) is 9.84. The smallest absolute Gasteiger partial charge is 0.211 e. The Balaban J connectivity index is 2.16. The van der Waals surface area contributed by atoms with Crippen molar-refractivity contribution in [1.82, 2.24) is 0 Å². The molecule has 0 saturated heterocycles. The van der Waals surface area contributed by atoms with Crippen LogP contribution in [0.5, 0.6) is 0 Å². The Hall–Kier alpha value is -1.77. The maximum atomic E-state index is 5.67. The molecule has 21 heavy (non-hydrogen) atoms. The molecule has 1 aliphatic heterocycles. The number of nitrogens with one attached hydrogen (secondary N) is 1. The number of rotatable bonds is 5. The molecule has 3 nitrogen and oxygen atoms in total. The Morgan fingerprint density at radius 2 is 2.00 bits per heavy atom. The van der Waals surface area contributed by atoms with E-state index in [-0.39, 0.29) is 5.54 Å². The number of hydrogen-bond acceptors (Lipinski definition) is 3. The van der Waals surface area contributed by atoms with Crippen LogP contribution in [-0.2, 0) is 4.74 Å². The van der Waals surface area contributed by atoms with Crippen LogP contribution < -0.4 is 5.32 Å². The summed E-state index contributed by atoms with van der Waals surface area (Å²) in [6.07, 6.45) is 3.01. The third-order valence-electron chi connectivity index (χ3n) is 3.27. The molecule has 1 aromatic rings. The summed E-state index contributed by atoms with van der Waals surface area (Å²) in [5.41, 5.74) is 3.40. The molecule has 0 saturated carbocycles. The zero-order valence-corrected chi connectivity index (χ0v) is 13.7. The van der Waals surface area contributed by atoms with Crippen molar-refractivity contribution in [2.45, 2.75) is 46.6 Å². The van der Waals surface area contributed by atoms with E-state index in [1.54, 1.807) is 0 Å². The number of allylic oxidation sites excluding steroid dienone is 1. The summed E-state index contributed by atoms with van der Waals surface area (Å²) in [6, 6.07) is 8.43. The van der Waals surface area contributed by atoms with Crippen molar-refractivity contribution in [2.24, 2.45) is 10.9 Å². The fourth-order valence-corrected chi connectivity index (χ4v) is 2.24. The molecule has 0 aliphatic carbocycles. The van der Waals surface area contributed by atoms with Gasteiger partial charge in [-0.05, 0) is 45.2 Å². The van der Waals surface area contributed by atoms with Crippen molar-refractivity contribution in [2.75, 3.05) is 11.9 Å². The molecule has 114 valence electrons. The molecule has 1 aliphatic rings. The van der Waals surface area contributed by atoms with Crippen LogP contribution in [-0.4, -0.2) is 18.0 Å². The molecule has 1 aromatic carbocycles. The maximum Gasteiger partial charge on any atom is 0.211 e. The number of aliphatic imine (C=N–C) groups is 1. The molecule has 0 bridgehead atoms. The Bertz CT molecular complexity index is 539. The zero-order chi connectivity index (χ0) is 15.5. The standard InChI is InChI=1S/C18H26N2O/c1-13(2)10-16(11-17-20-18(4,5)12-21-17)19-15-8-6-14(3)7-9-15/h6-9,11,13,19H,10,12H2,1-5H3/b16-11-. The fourth-order valence-electron chi connectivity index (χ4n) is 2.24. The van der Waals surface area contributed by atoms with Gasteiger partial charge in [-0.3, -0.25) is 0 Å². The fraction of sp³-hybridized carbons (Fsp3) is 0.500. The first kappa shape index (κ1) is 15.6. The topological polar surface area (TPSA) is 33.6 Å². The van der Waals surface area contributed by atoms with Crippen molar-refractivity contribution in [3.63, 3.8) is 0 Å². The van der Waals surface area contributed by atoms with E-state index in [1.807, 2.05) is 6.08 Å². The lowest BCUT2D eigenvalue weighted by atomic mass is 10.1. The van der Waals surface area contributed by atoms with E-state index in [4.69, 9.17) is 4.74 Å². The number of aryl methyl sites for hydroxylation is 1. The Morgan fingerprint density at radius 3 is 2.52 bits per heavy atom. The van der Waals surface area contributed by atoms with E-state index < -0.39 is 0 Å². The molecule has 0 atom stereocenters. The summed E-state index contributed by atoms with van der Waals surface area (Å²) in [6.45, 7) is 11.3. The van der Waals surface area contributed by atoms with Crippen LogP contribution in [0, 0.1) is 12.8 Å². The molecule has 2 rings (SSSR count). The monoisotopic (exact) mass is 286 g/mol. The lowest BCUT2D eigenvalue weighted by Gasteiger charge is -2.13. The van der Waals surface area contributed by atoms with Crippen LogP contribution in [0.3, 0.4) is 0 Å². The molecule has 0 amide bonds. The second kappa shape index (κ2) is 6.33. The van der Waals surface area contributed by atoms with Crippen molar-refractivity contribution in [3.05, 3.63) is 41.6 Å². The van der Waals surface area contributed by atoms with Gasteiger partial charge in [0.25, 0.3) is 0 Å². The van der Waals surface area contributed by atoms with Crippen LogP contribution in [0.2, 0.25) is 0 Å². The second-order valence-electron chi connectivity index (χ2n) is 6.81. The number of nitrogens with zero attached hydrogens (tertiary/aromatic N) is 1. The highest BCUT2D eigenvalue weighted by Gasteiger charge is 2.25. The highest BCUT2D eigenvalue weighted by Crippen LogP contribution is 2.21. The highest BCUT2D eigenvalue weighted by atomic mass is 16.5. The summed E-state index contributed by atoms with van der Waals surface area (Å²) in [7, 11) is 0. The van der Waals surface area contributed by atoms with Crippen LogP contribution in [0.15, 0.2) is 41.0 Å². The maximum absolute atomic E-state index is 5.67. The molecular weight excluding hydrogens is 260 g/mol. The molecule has 0 aromatic heterocycles. The Kier molecular flexibility index (Phi) is 4.71. The first-order valence-electron chi connectivity index (χ1n) is 7.61. The molecule has 0 spiro atoms. The average molecular weight is 286 g/mol. The van der Waals surface area contributed by atoms with E-state index in [2.05, 4.69) is 69.2 Å². The first-order valence-corrected chi connectivity index (χ1v) is 7.61. The molecule has 1 N–H and O–H groups in total. The van der Waals surface area contributed by atoms with Gasteiger partial charge in [0.2, 0.25) is 5.90 Å². The largest absolute Gasteiger partial charge is 0.475 e. The normalized spacial score (nSPS) is 17.6. The summed E-state index contributed by atoms with van der Waals surface area (Å²) >= 11 is 0. The van der Waals surface area contributed by atoms with Crippen molar-refractivity contribution in [1.29, 1.82) is 0 Å². The highest BCUT2D eigenvalue weighted by molar-refractivity contribution is 5.90. The number of benzene rings is 1. The number of hydrogen-bond donors (Lipinski definition) is 1. The second-order valence-corrected chi connectivity index (χ2v) is 6.81. The molecule has 0 radical (unpaired) electrons. The van der Waals surface area contributed by atoms with E-state index in [0.29, 0.717) is 12.5 Å². The minimum Gasteiger partial charge on any atom is -0.475 e. The van der Waals surface area contributed by atoms with Crippen molar-refractivity contribution < 1.29 is 4.74 Å². The van der Waals surface area contributed by atoms with Gasteiger partial charge >= 0.3 is 0 Å². The quantitative estimate of drug-likeness (QED) is 0.862. The molecule has 3 heteroatoms. The van der Waals surface area contributed by atoms with Gasteiger partial charge in [0.15, 0.2) is 0 Å². The van der Waals surface area contributed by atoms with Crippen LogP contribution >= 0.6 is 0 Å². The molecule has 0 unspecified atom stereocenters. The van der Waals surface area contributed by atoms with Gasteiger partial charge in [0, 0.05) is 17.5 Å². The van der Waals surface area contributed by atoms with Gasteiger partial charge in [0.05, 0.1) is 5.54 Å². The lowest BCUT2D eigenvalue weighted by molar-refractivity contribution is 0.280. The Labute approximate surface area is 128 Å². The third kappa shape index (κ3) is 4.92. The minimum absolute atomic E-state index is 0.112. The van der Waals surface area contributed by atoms with Gasteiger partial charge in [-0.15, -0.1) is 0 Å². The molecule has 0 fully saturated rings. The summed E-state index contributed by atoms with van der Waals surface area (Å²) in [4.78, 5) is 4.60. The van der Waals surface area contributed by atoms with Crippen molar-refractivity contribution in [3.8, 4) is 0 Å². The summed E-state index contributed by atoms with van der Waals surface area (Å²) in [5, 5.41) is 3.49. The predicted octanol–water partition coefficient (Wildman–Crippen LogP) is 4.54. The van der Waals surface area contributed by atoms with Crippen molar-refractivity contribution >= 4 is 11.6 Å². The predicted molar refractivity (Wildman–Crippen MR) is 89.8 cm³/mol. The van der Waals surface area contributed by atoms with Gasteiger partial charge in [-0.25, -0.2) is 4.99 Å². The number of anilines is 1. The van der Waals surface area contributed by atoms with Crippen LogP contribution in [0.25, 0.3) is 0 Å². The minimum atomic E-state index is -0.112. The lowest BCUT2D eigenvalue weighted by Crippen LogP contribution is -2.17. The average Bonchev–Trinajstić information content (AvgIpc) is 2.70. The van der Waals surface area contributed by atoms with Gasteiger partial charge < -0.3 is 10.1 Å². The Morgan fingerprint density at radius 1 is 1.33 bits per heavy atom.